The Balaban J connectivity index is 1.13. The third-order valence-corrected chi connectivity index (χ3v) is 11.7. The molecular weight excluding hydrogens is 629 g/mol. The Morgan fingerprint density at radius 3 is 1.62 bits per heavy atom. The molecule has 3 aliphatic heterocycles. The summed E-state index contributed by atoms with van der Waals surface area (Å²) in [6.07, 6.45) is 7.15. The highest BCUT2D eigenvalue weighted by molar-refractivity contribution is 7.00. The van der Waals surface area contributed by atoms with E-state index in [1.807, 2.05) is 0 Å². The predicted molar refractivity (Wildman–Crippen MR) is 219 cm³/mol. The molecular formula is C48H36BN3. The van der Waals surface area contributed by atoms with Crippen molar-refractivity contribution in [2.24, 2.45) is 0 Å². The minimum absolute atomic E-state index is 0.112. The van der Waals surface area contributed by atoms with Crippen molar-refractivity contribution in [3.05, 3.63) is 188 Å². The van der Waals surface area contributed by atoms with E-state index in [0.29, 0.717) is 12.0 Å². The zero-order chi connectivity index (χ0) is 34.2. The summed E-state index contributed by atoms with van der Waals surface area (Å²) in [5, 5.41) is 0. The molecule has 246 valence electrons. The Hall–Kier alpha value is -6.26. The lowest BCUT2D eigenvalue weighted by Gasteiger charge is -2.44. The first kappa shape index (κ1) is 29.5. The molecule has 3 heterocycles. The molecule has 2 unspecified atom stereocenters. The van der Waals surface area contributed by atoms with Crippen molar-refractivity contribution in [1.82, 2.24) is 0 Å². The third kappa shape index (κ3) is 4.34. The van der Waals surface area contributed by atoms with E-state index in [0.717, 1.165) is 17.8 Å². The van der Waals surface area contributed by atoms with Crippen molar-refractivity contribution in [3.8, 4) is 11.1 Å². The van der Waals surface area contributed by atoms with Crippen LogP contribution in [0.5, 0.6) is 0 Å². The van der Waals surface area contributed by atoms with Gasteiger partial charge in [-0.05, 0) is 113 Å². The third-order valence-electron chi connectivity index (χ3n) is 11.7. The van der Waals surface area contributed by atoms with E-state index in [2.05, 4.69) is 197 Å². The number of nitrogens with zero attached hydrogens (tertiary/aromatic N) is 3. The number of rotatable bonds is 4. The molecule has 7 aromatic rings. The van der Waals surface area contributed by atoms with Gasteiger partial charge in [0.1, 0.15) is 0 Å². The number of hydrogen-bond acceptors (Lipinski definition) is 3. The van der Waals surface area contributed by atoms with Crippen LogP contribution < -0.4 is 31.1 Å². The molecule has 0 amide bonds. The summed E-state index contributed by atoms with van der Waals surface area (Å²) in [5.41, 5.74) is 17.7. The lowest BCUT2D eigenvalue weighted by molar-refractivity contribution is 0.573. The van der Waals surface area contributed by atoms with Gasteiger partial charge in [0.15, 0.2) is 0 Å². The molecule has 0 saturated heterocycles. The van der Waals surface area contributed by atoms with E-state index in [4.69, 9.17) is 0 Å². The summed E-state index contributed by atoms with van der Waals surface area (Å²) in [6, 6.07) is 63.3. The SMILES string of the molecule is C1=CC2C(CC1)c1ccccc1N2c1ccc(-c2cc3c4c(c2)N(c2ccccc2)c2ccccc2B4c2ccccc2N3c2ccccc2)cc1. The van der Waals surface area contributed by atoms with Gasteiger partial charge >= 0.3 is 0 Å². The number of anilines is 8. The van der Waals surface area contributed by atoms with Gasteiger partial charge in [-0.3, -0.25) is 0 Å². The van der Waals surface area contributed by atoms with E-state index in [-0.39, 0.29) is 6.71 Å². The fourth-order valence-electron chi connectivity index (χ4n) is 9.50. The normalized spacial score (nSPS) is 17.6. The maximum Gasteiger partial charge on any atom is 0.252 e. The molecule has 52 heavy (non-hydrogen) atoms. The quantitative estimate of drug-likeness (QED) is 0.137. The van der Waals surface area contributed by atoms with E-state index < -0.39 is 0 Å². The Kier molecular flexibility index (Phi) is 6.60. The molecule has 0 radical (unpaired) electrons. The number of hydrogen-bond donors (Lipinski definition) is 0. The van der Waals surface area contributed by atoms with Crippen LogP contribution in [-0.4, -0.2) is 12.8 Å². The maximum atomic E-state index is 2.56. The highest BCUT2D eigenvalue weighted by atomic mass is 15.2. The second-order valence-electron chi connectivity index (χ2n) is 14.4. The van der Waals surface area contributed by atoms with Crippen molar-refractivity contribution < 1.29 is 0 Å². The molecule has 0 spiro atoms. The fraction of sp³-hybridized carbons (Fsp3) is 0.0833. The van der Waals surface area contributed by atoms with Crippen LogP contribution in [0.3, 0.4) is 0 Å². The summed E-state index contributed by atoms with van der Waals surface area (Å²) < 4.78 is 0. The van der Waals surface area contributed by atoms with Crippen LogP contribution in [0, 0.1) is 0 Å². The predicted octanol–water partition coefficient (Wildman–Crippen LogP) is 10.4. The molecule has 7 aromatic carbocycles. The van der Waals surface area contributed by atoms with E-state index >= 15 is 0 Å². The molecule has 0 bridgehead atoms. The van der Waals surface area contributed by atoms with E-state index in [1.165, 1.54) is 73.6 Å². The fourth-order valence-corrected chi connectivity index (χ4v) is 9.50. The van der Waals surface area contributed by atoms with Gasteiger partial charge in [0.2, 0.25) is 0 Å². The van der Waals surface area contributed by atoms with Crippen LogP contribution in [0.1, 0.15) is 24.3 Å². The van der Waals surface area contributed by atoms with Gasteiger partial charge < -0.3 is 14.7 Å². The maximum absolute atomic E-state index is 2.56. The standard InChI is InChI=1S/C48H36BN3/c1-3-15-35(16-4-1)51-44-25-13-9-21-40(44)49-41-22-10-14-26-45(41)52(36-17-5-2-6-18-36)47-32-34(31-46(51)48(47)49)33-27-29-37(30-28-33)50-42-23-11-7-19-38(42)39-20-8-12-24-43(39)50/h1-7,9-19,21-32,39,43H,8,20H2. The van der Waals surface area contributed by atoms with Crippen LogP contribution >= 0.6 is 0 Å². The highest BCUT2D eigenvalue weighted by Crippen LogP contribution is 2.50. The van der Waals surface area contributed by atoms with Gasteiger partial charge in [-0.25, -0.2) is 0 Å². The van der Waals surface area contributed by atoms with Gasteiger partial charge in [0.05, 0.1) is 6.04 Å². The van der Waals surface area contributed by atoms with Crippen molar-refractivity contribution >= 4 is 68.6 Å². The largest absolute Gasteiger partial charge is 0.334 e. The highest BCUT2D eigenvalue weighted by Gasteiger charge is 2.43. The summed E-state index contributed by atoms with van der Waals surface area (Å²) in [4.78, 5) is 7.52. The summed E-state index contributed by atoms with van der Waals surface area (Å²) >= 11 is 0. The van der Waals surface area contributed by atoms with Crippen molar-refractivity contribution in [2.45, 2.75) is 24.8 Å². The van der Waals surface area contributed by atoms with Crippen molar-refractivity contribution in [2.75, 3.05) is 14.7 Å². The number of allylic oxidation sites excluding steroid dienone is 1. The van der Waals surface area contributed by atoms with Crippen LogP contribution in [0.2, 0.25) is 0 Å². The monoisotopic (exact) mass is 665 g/mol. The van der Waals surface area contributed by atoms with Gasteiger partial charge in [-0.15, -0.1) is 0 Å². The summed E-state index contributed by atoms with van der Waals surface area (Å²) in [7, 11) is 0. The molecule has 4 heteroatoms. The van der Waals surface area contributed by atoms with Crippen molar-refractivity contribution in [3.63, 3.8) is 0 Å². The molecule has 0 saturated carbocycles. The zero-order valence-electron chi connectivity index (χ0n) is 28.8. The Morgan fingerprint density at radius 2 is 1.00 bits per heavy atom. The second kappa shape index (κ2) is 11.6. The lowest BCUT2D eigenvalue weighted by atomic mass is 9.33. The topological polar surface area (TPSA) is 9.72 Å². The number of fused-ring (bicyclic) bond motifs is 7. The zero-order valence-corrected chi connectivity index (χ0v) is 28.8. The Morgan fingerprint density at radius 1 is 0.462 bits per heavy atom. The minimum Gasteiger partial charge on any atom is -0.334 e. The number of para-hydroxylation sites is 5. The molecule has 11 rings (SSSR count). The average Bonchev–Trinajstić information content (AvgIpc) is 3.55. The van der Waals surface area contributed by atoms with Crippen LogP contribution in [-0.2, 0) is 0 Å². The van der Waals surface area contributed by atoms with Crippen LogP contribution in [0.15, 0.2) is 182 Å². The van der Waals surface area contributed by atoms with E-state index in [1.54, 1.807) is 0 Å². The molecule has 3 nitrogen and oxygen atoms in total. The van der Waals surface area contributed by atoms with Crippen molar-refractivity contribution in [1.29, 1.82) is 0 Å². The first-order valence-electron chi connectivity index (χ1n) is 18.5. The smallest absolute Gasteiger partial charge is 0.252 e. The average molecular weight is 666 g/mol. The molecule has 0 aromatic heterocycles. The van der Waals surface area contributed by atoms with Crippen LogP contribution in [0.25, 0.3) is 11.1 Å². The molecule has 0 N–H and O–H groups in total. The second-order valence-corrected chi connectivity index (χ2v) is 14.4. The Labute approximate surface area is 305 Å². The molecule has 4 aliphatic rings. The Bertz CT molecular complexity index is 2400. The summed E-state index contributed by atoms with van der Waals surface area (Å²) in [6.45, 7) is 0.112. The molecule has 1 aliphatic carbocycles. The molecule has 0 fully saturated rings. The molecule has 2 atom stereocenters. The van der Waals surface area contributed by atoms with Crippen LogP contribution in [0.4, 0.5) is 45.5 Å². The lowest BCUT2D eigenvalue weighted by Crippen LogP contribution is -2.61. The number of benzene rings is 7. The van der Waals surface area contributed by atoms with Gasteiger partial charge in [0.25, 0.3) is 6.71 Å². The first-order valence-corrected chi connectivity index (χ1v) is 18.5. The minimum atomic E-state index is 0.112. The van der Waals surface area contributed by atoms with Gasteiger partial charge in [-0.2, -0.15) is 0 Å². The van der Waals surface area contributed by atoms with Gasteiger partial charge in [0, 0.05) is 51.4 Å². The first-order chi connectivity index (χ1) is 25.8. The van der Waals surface area contributed by atoms with E-state index in [9.17, 15) is 0 Å². The summed E-state index contributed by atoms with van der Waals surface area (Å²) in [5.74, 6) is 0.543. The van der Waals surface area contributed by atoms with Gasteiger partial charge in [-0.1, -0.05) is 115 Å².